The van der Waals surface area contributed by atoms with Crippen molar-refractivity contribution in [3.8, 4) is 90.1 Å². The van der Waals surface area contributed by atoms with Crippen molar-refractivity contribution in [2.45, 2.75) is 0 Å². The standard InChI is InChI=1S/3C15H10N.2C11H6F2N.3C11H8N.C6H5NO2.3Ir/c3*1-2-6-12(7-3-1)15-11-10-13-8-4-5-9-14(13)16-15;2*12-8-4-5-9(10(13)7-8)11-3-1-2-6-14-11;3*1-2-6-10(7-3-1)11-8-4-5-9-12-11;8-6(9)5-3-1-2-4-7-5;;;/h3*1-6,8-11H;2*1-4,6-7H;3*1-6,8-9H;1-4H,(H,8,9);;;/q8*-1;;;2*+3. The summed E-state index contributed by atoms with van der Waals surface area (Å²) >= 11 is 0. The van der Waals surface area contributed by atoms with Crippen molar-refractivity contribution in [2.75, 3.05) is 0 Å². The number of pyridine rings is 9. The molecule has 0 unspecified atom stereocenters. The number of carboxylic acid groups (broad SMARTS) is 1. The van der Waals surface area contributed by atoms with Gasteiger partial charge in [-0.2, -0.15) is 0 Å². The first-order valence-corrected chi connectivity index (χ1v) is 37.9. The Balaban J connectivity index is 0.000000158. The van der Waals surface area contributed by atoms with Crippen LogP contribution in [0.5, 0.6) is 0 Å². The third-order valence-corrected chi connectivity index (χ3v) is 17.1. The van der Waals surface area contributed by atoms with Gasteiger partial charge in [0.1, 0.15) is 5.69 Å². The number of nitrogens with zero attached hydrogens (tertiary/aromatic N) is 9. The van der Waals surface area contributed by atoms with Gasteiger partial charge in [-0.05, 0) is 122 Å². The van der Waals surface area contributed by atoms with Crippen LogP contribution in [0.2, 0.25) is 0 Å². The van der Waals surface area contributed by atoms with E-state index >= 15 is 0 Å². The third kappa shape index (κ3) is 29.5. The molecule has 0 aliphatic carbocycles. The first kappa shape index (κ1) is 93.6. The molecule has 0 spiro atoms. The Morgan fingerprint density at radius 2 is 0.492 bits per heavy atom. The average molecular weight is 2160 g/mol. The fourth-order valence-corrected chi connectivity index (χ4v) is 11.3. The molecule has 11 nitrogen and oxygen atoms in total. The number of fused-ring (bicyclic) bond motifs is 3. The molecule has 0 bridgehead atoms. The number of carboxylic acids is 1. The van der Waals surface area contributed by atoms with Crippen molar-refractivity contribution in [3.63, 3.8) is 0 Å². The van der Waals surface area contributed by atoms with Gasteiger partial charge in [0.25, 0.3) is 0 Å². The first-order valence-electron chi connectivity index (χ1n) is 37.9. The van der Waals surface area contributed by atoms with Crippen LogP contribution in [0.15, 0.2) is 425 Å². The van der Waals surface area contributed by atoms with Gasteiger partial charge in [-0.3, -0.25) is 32.5 Å². The minimum absolute atomic E-state index is 0. The van der Waals surface area contributed by atoms with Crippen molar-refractivity contribution in [3.05, 3.63) is 503 Å². The molecule has 1 radical (unpaired) electrons. The van der Waals surface area contributed by atoms with Gasteiger partial charge in [0, 0.05) is 80.6 Å². The molecule has 20 aromatic rings. The molecular formula is C106H71F4Ir3N9O2-2. The van der Waals surface area contributed by atoms with Crippen LogP contribution in [-0.4, -0.2) is 55.9 Å². The fourth-order valence-electron chi connectivity index (χ4n) is 11.3. The summed E-state index contributed by atoms with van der Waals surface area (Å²) in [7, 11) is 0. The normalized spacial score (nSPS) is 9.81. The average Bonchev–Trinajstić information content (AvgIpc) is 0.836. The minimum Gasteiger partial charge on any atom is -0.477 e. The molecule has 124 heavy (non-hydrogen) atoms. The fraction of sp³-hybridized carbons (Fsp3) is 0. The third-order valence-electron chi connectivity index (χ3n) is 17.1. The van der Waals surface area contributed by atoms with E-state index in [4.69, 9.17) is 5.11 Å². The molecule has 9 heterocycles. The largest absolute Gasteiger partial charge is 3.00 e. The van der Waals surface area contributed by atoms with E-state index in [9.17, 15) is 22.4 Å². The summed E-state index contributed by atoms with van der Waals surface area (Å²) in [6.07, 6.45) is 9.91. The van der Waals surface area contributed by atoms with Crippen LogP contribution in [0, 0.1) is 71.8 Å². The topological polar surface area (TPSA) is 153 Å². The molecule has 18 heteroatoms. The molecular weight excluding hydrogens is 2080 g/mol. The molecule has 0 fully saturated rings. The Morgan fingerprint density at radius 3 is 0.718 bits per heavy atom. The van der Waals surface area contributed by atoms with Crippen molar-refractivity contribution < 1.29 is 87.8 Å². The predicted octanol–water partition coefficient (Wildman–Crippen LogP) is 25.2. The number of carbonyl (C=O) groups is 1. The summed E-state index contributed by atoms with van der Waals surface area (Å²) in [6.45, 7) is 0. The Labute approximate surface area is 758 Å². The van der Waals surface area contributed by atoms with Crippen molar-refractivity contribution in [1.29, 1.82) is 0 Å². The Hall–Kier alpha value is -14.3. The van der Waals surface area contributed by atoms with E-state index in [1.807, 2.05) is 273 Å². The number of para-hydroxylation sites is 3. The number of benzene rings is 11. The predicted molar refractivity (Wildman–Crippen MR) is 472 cm³/mol. The number of halogens is 4. The zero-order chi connectivity index (χ0) is 83.7. The van der Waals surface area contributed by atoms with Crippen LogP contribution >= 0.6 is 0 Å². The second kappa shape index (κ2) is 51.3. The molecule has 1 N–H and O–H groups in total. The van der Waals surface area contributed by atoms with Gasteiger partial charge in [0.05, 0.1) is 16.6 Å². The maximum atomic E-state index is 13.2. The second-order valence-electron chi connectivity index (χ2n) is 25.5. The van der Waals surface area contributed by atoms with Gasteiger partial charge in [-0.25, -0.2) is 9.78 Å². The molecule has 0 saturated heterocycles. The van der Waals surface area contributed by atoms with Crippen LogP contribution in [0.4, 0.5) is 17.6 Å². The van der Waals surface area contributed by atoms with Crippen molar-refractivity contribution in [2.24, 2.45) is 0 Å². The van der Waals surface area contributed by atoms with Gasteiger partial charge in [-0.1, -0.05) is 181 Å². The quantitative estimate of drug-likeness (QED) is 0.109. The van der Waals surface area contributed by atoms with Crippen molar-refractivity contribution in [1.82, 2.24) is 44.9 Å². The molecule has 0 aliphatic rings. The minimum atomic E-state index is -0.990. The van der Waals surface area contributed by atoms with Crippen LogP contribution < -0.4 is 0 Å². The molecule has 0 amide bonds. The number of rotatable bonds is 9. The van der Waals surface area contributed by atoms with E-state index in [0.29, 0.717) is 11.4 Å². The maximum absolute atomic E-state index is 13.2. The first-order chi connectivity index (χ1) is 59.5. The van der Waals surface area contributed by atoms with Crippen LogP contribution in [0.1, 0.15) is 10.5 Å². The number of aromatic nitrogens is 9. The summed E-state index contributed by atoms with van der Waals surface area (Å²) in [5.41, 5.74) is 16.5. The zero-order valence-electron chi connectivity index (χ0n) is 65.8. The van der Waals surface area contributed by atoms with E-state index in [1.165, 1.54) is 28.4 Å². The van der Waals surface area contributed by atoms with E-state index < -0.39 is 29.2 Å². The van der Waals surface area contributed by atoms with Gasteiger partial charge in [-0.15, -0.1) is 240 Å². The number of hydrogen-bond donors (Lipinski definition) is 1. The van der Waals surface area contributed by atoms with Gasteiger partial charge in [0.2, 0.25) is 0 Å². The van der Waals surface area contributed by atoms with E-state index in [1.54, 1.807) is 79.5 Å². The van der Waals surface area contributed by atoms with E-state index in [0.717, 1.165) is 108 Å². The summed E-state index contributed by atoms with van der Waals surface area (Å²) < 4.78 is 51.6. The van der Waals surface area contributed by atoms with Crippen LogP contribution in [0.25, 0.3) is 123 Å². The zero-order valence-corrected chi connectivity index (χ0v) is 73.0. The molecule has 609 valence electrons. The molecule has 9 aromatic heterocycles. The smallest absolute Gasteiger partial charge is 0.477 e. The van der Waals surface area contributed by atoms with Gasteiger partial charge < -0.3 is 30.0 Å². The Kier molecular flexibility index (Phi) is 38.7. The number of aromatic carboxylic acids is 1. The van der Waals surface area contributed by atoms with E-state index in [2.05, 4.69) is 130 Å². The molecule has 11 aromatic carbocycles. The Bertz CT molecular complexity index is 5820. The summed E-state index contributed by atoms with van der Waals surface area (Å²) in [5.74, 6) is -3.56. The van der Waals surface area contributed by atoms with Crippen LogP contribution in [0.3, 0.4) is 0 Å². The second-order valence-corrected chi connectivity index (χ2v) is 25.5. The van der Waals surface area contributed by atoms with Gasteiger partial charge >= 0.3 is 46.2 Å². The number of hydrogen-bond acceptors (Lipinski definition) is 10. The molecule has 0 atom stereocenters. The van der Waals surface area contributed by atoms with Gasteiger partial charge in [0.15, 0.2) is 0 Å². The summed E-state index contributed by atoms with van der Waals surface area (Å²) in [4.78, 5) is 48.1. The molecule has 0 saturated carbocycles. The molecule has 20 rings (SSSR count). The molecule has 0 aliphatic heterocycles. The van der Waals surface area contributed by atoms with Crippen LogP contribution in [-0.2, 0) is 60.3 Å². The Morgan fingerprint density at radius 1 is 0.250 bits per heavy atom. The maximum Gasteiger partial charge on any atom is 3.00 e. The summed E-state index contributed by atoms with van der Waals surface area (Å²) in [5, 5.41) is 11.8. The van der Waals surface area contributed by atoms with Crippen molar-refractivity contribution >= 4 is 38.7 Å². The van der Waals surface area contributed by atoms with E-state index in [-0.39, 0.29) is 77.1 Å². The SMILES string of the molecule is Fc1c[c-]c(-c2ccccn2)c(F)c1.Fc1c[c-]c(-c2ccccn2)c(F)c1.O=C(O)c1ccccn1.[Ir+3].[Ir+3].[Ir].[c-]1ccccc1-c1ccc2ccccc2n1.[c-]1ccccc1-c1ccc2ccccc2n1.[c-]1ccccc1-c1ccc2ccccc2n1.[c-]1ccccc1-c1ccccn1.[c-]1ccccc1-c1ccccn1.[c-]1ccccc1-c1ccccn1. The monoisotopic (exact) mass is 2160 g/mol. The summed E-state index contributed by atoms with van der Waals surface area (Å²) in [6, 6.07) is 144.